The Morgan fingerprint density at radius 1 is 0.864 bits per heavy atom. The van der Waals surface area contributed by atoms with Gasteiger partial charge in [-0.15, -0.1) is 0 Å². The predicted molar refractivity (Wildman–Crippen MR) is 95.5 cm³/mol. The standard InChI is InChI=1S/C21H19N/c1-3-8-20-16-15-19(4-2)22(20)21-13-11-18(12-14-21)17-9-6-5-7-10-17/h3-15H,1-2,16H2/b20-8+. The van der Waals surface area contributed by atoms with Crippen LogP contribution in [0.4, 0.5) is 5.69 Å². The van der Waals surface area contributed by atoms with E-state index in [0.717, 1.165) is 17.8 Å². The van der Waals surface area contributed by atoms with Gasteiger partial charge in [0.05, 0.1) is 0 Å². The fourth-order valence-corrected chi connectivity index (χ4v) is 2.76. The first-order valence-corrected chi connectivity index (χ1v) is 7.43. The van der Waals surface area contributed by atoms with Crippen LogP contribution in [0, 0.1) is 0 Å². The van der Waals surface area contributed by atoms with Crippen LogP contribution in [0.3, 0.4) is 0 Å². The summed E-state index contributed by atoms with van der Waals surface area (Å²) in [4.78, 5) is 2.23. The number of benzene rings is 2. The zero-order valence-electron chi connectivity index (χ0n) is 12.6. The van der Waals surface area contributed by atoms with Crippen molar-refractivity contribution in [2.24, 2.45) is 0 Å². The fraction of sp³-hybridized carbons (Fsp3) is 0.0476. The minimum absolute atomic E-state index is 0.911. The molecule has 0 atom stereocenters. The molecule has 0 radical (unpaired) electrons. The Morgan fingerprint density at radius 3 is 2.18 bits per heavy atom. The highest BCUT2D eigenvalue weighted by atomic mass is 15.2. The molecule has 0 aliphatic carbocycles. The zero-order chi connectivity index (χ0) is 15.4. The molecule has 0 amide bonds. The number of hydrogen-bond acceptors (Lipinski definition) is 1. The molecule has 1 aliphatic heterocycles. The second kappa shape index (κ2) is 6.31. The molecule has 0 fully saturated rings. The molecule has 0 spiro atoms. The maximum absolute atomic E-state index is 3.92. The zero-order valence-corrected chi connectivity index (χ0v) is 12.6. The lowest BCUT2D eigenvalue weighted by molar-refractivity contribution is 1.12. The van der Waals surface area contributed by atoms with Crippen LogP contribution in [-0.2, 0) is 0 Å². The van der Waals surface area contributed by atoms with Crippen molar-refractivity contribution in [3.05, 3.63) is 103 Å². The minimum atomic E-state index is 0.911. The topological polar surface area (TPSA) is 3.24 Å². The third-order valence-electron chi connectivity index (χ3n) is 3.82. The maximum atomic E-state index is 3.92. The van der Waals surface area contributed by atoms with Gasteiger partial charge in [-0.1, -0.05) is 67.8 Å². The van der Waals surface area contributed by atoms with E-state index in [1.807, 2.05) is 18.2 Å². The SMILES string of the molecule is C=C/C=C1\CC=C(C=C)N1c1ccc(-c2ccccc2)cc1. The molecule has 1 heterocycles. The summed E-state index contributed by atoms with van der Waals surface area (Å²) in [6, 6.07) is 19.1. The van der Waals surface area contributed by atoms with Crippen LogP contribution < -0.4 is 4.90 Å². The van der Waals surface area contributed by atoms with Crippen molar-refractivity contribution in [1.82, 2.24) is 0 Å². The molecule has 108 valence electrons. The molecule has 1 nitrogen and oxygen atoms in total. The highest BCUT2D eigenvalue weighted by molar-refractivity contribution is 5.70. The molecule has 0 N–H and O–H groups in total. The quantitative estimate of drug-likeness (QED) is 0.696. The molecule has 22 heavy (non-hydrogen) atoms. The van der Waals surface area contributed by atoms with Gasteiger partial charge in [0, 0.05) is 23.5 Å². The molecular formula is C21H19N. The van der Waals surface area contributed by atoms with E-state index in [9.17, 15) is 0 Å². The number of anilines is 1. The lowest BCUT2D eigenvalue weighted by atomic mass is 10.1. The Morgan fingerprint density at radius 2 is 1.55 bits per heavy atom. The van der Waals surface area contributed by atoms with Crippen molar-refractivity contribution in [2.75, 3.05) is 4.90 Å². The summed E-state index contributed by atoms with van der Waals surface area (Å²) in [5, 5.41) is 0. The van der Waals surface area contributed by atoms with Crippen LogP contribution in [0.1, 0.15) is 6.42 Å². The van der Waals surface area contributed by atoms with Gasteiger partial charge in [0.2, 0.25) is 0 Å². The van der Waals surface area contributed by atoms with Gasteiger partial charge >= 0.3 is 0 Å². The van der Waals surface area contributed by atoms with Gasteiger partial charge in [-0.25, -0.2) is 0 Å². The first-order valence-electron chi connectivity index (χ1n) is 7.43. The monoisotopic (exact) mass is 285 g/mol. The first-order chi connectivity index (χ1) is 10.8. The third kappa shape index (κ3) is 2.66. The lowest BCUT2D eigenvalue weighted by Crippen LogP contribution is -2.15. The second-order valence-corrected chi connectivity index (χ2v) is 5.18. The van der Waals surface area contributed by atoms with E-state index >= 15 is 0 Å². The molecule has 0 aromatic heterocycles. The Labute approximate surface area is 132 Å². The Bertz CT molecular complexity index is 733. The van der Waals surface area contributed by atoms with Gasteiger partial charge < -0.3 is 4.90 Å². The fourth-order valence-electron chi connectivity index (χ4n) is 2.76. The highest BCUT2D eigenvalue weighted by Crippen LogP contribution is 2.33. The van der Waals surface area contributed by atoms with Crippen molar-refractivity contribution >= 4 is 5.69 Å². The van der Waals surface area contributed by atoms with Crippen molar-refractivity contribution < 1.29 is 0 Å². The van der Waals surface area contributed by atoms with Crippen LogP contribution in [0.15, 0.2) is 103 Å². The van der Waals surface area contributed by atoms with E-state index in [0.29, 0.717) is 0 Å². The smallest absolute Gasteiger partial charge is 0.0458 e. The summed E-state index contributed by atoms with van der Waals surface area (Å²) in [7, 11) is 0. The maximum Gasteiger partial charge on any atom is 0.0458 e. The number of rotatable bonds is 4. The van der Waals surface area contributed by atoms with Crippen LogP contribution in [0.25, 0.3) is 11.1 Å². The summed E-state index contributed by atoms with van der Waals surface area (Å²) in [6.07, 6.45) is 8.88. The predicted octanol–water partition coefficient (Wildman–Crippen LogP) is 5.70. The van der Waals surface area contributed by atoms with E-state index in [1.165, 1.54) is 16.8 Å². The molecule has 3 rings (SSSR count). The van der Waals surface area contributed by atoms with Crippen LogP contribution >= 0.6 is 0 Å². The van der Waals surface area contributed by atoms with Gasteiger partial charge in [0.25, 0.3) is 0 Å². The molecule has 1 aliphatic rings. The first kappa shape index (κ1) is 14.2. The summed E-state index contributed by atoms with van der Waals surface area (Å²) in [5.74, 6) is 0. The summed E-state index contributed by atoms with van der Waals surface area (Å²) in [6.45, 7) is 7.72. The molecule has 0 saturated carbocycles. The van der Waals surface area contributed by atoms with E-state index in [-0.39, 0.29) is 0 Å². The van der Waals surface area contributed by atoms with Crippen molar-refractivity contribution in [3.63, 3.8) is 0 Å². The van der Waals surface area contributed by atoms with Crippen molar-refractivity contribution in [3.8, 4) is 11.1 Å². The highest BCUT2D eigenvalue weighted by Gasteiger charge is 2.19. The number of allylic oxidation sites excluding steroid dienone is 4. The van der Waals surface area contributed by atoms with Crippen LogP contribution in [0.2, 0.25) is 0 Å². The van der Waals surface area contributed by atoms with Gasteiger partial charge in [-0.3, -0.25) is 0 Å². The summed E-state index contributed by atoms with van der Waals surface area (Å²) in [5.41, 5.74) is 5.95. The molecular weight excluding hydrogens is 266 g/mol. The average Bonchev–Trinajstić information content (AvgIpc) is 2.99. The van der Waals surface area contributed by atoms with Crippen molar-refractivity contribution in [1.29, 1.82) is 0 Å². The van der Waals surface area contributed by atoms with Gasteiger partial charge in [0.1, 0.15) is 0 Å². The van der Waals surface area contributed by atoms with E-state index < -0.39 is 0 Å². The Balaban J connectivity index is 1.95. The lowest BCUT2D eigenvalue weighted by Gasteiger charge is -2.23. The van der Waals surface area contributed by atoms with Crippen LogP contribution in [-0.4, -0.2) is 0 Å². The molecule has 2 aromatic carbocycles. The molecule has 0 bridgehead atoms. The Kier molecular flexibility index (Phi) is 4.06. The summed E-state index contributed by atoms with van der Waals surface area (Å²) >= 11 is 0. The number of nitrogens with zero attached hydrogens (tertiary/aromatic N) is 1. The van der Waals surface area contributed by atoms with Crippen molar-refractivity contribution in [2.45, 2.75) is 6.42 Å². The van der Waals surface area contributed by atoms with Crippen LogP contribution in [0.5, 0.6) is 0 Å². The van der Waals surface area contributed by atoms with Gasteiger partial charge in [-0.2, -0.15) is 0 Å². The normalized spacial score (nSPS) is 15.7. The van der Waals surface area contributed by atoms with E-state index in [1.54, 1.807) is 0 Å². The van der Waals surface area contributed by atoms with E-state index in [4.69, 9.17) is 0 Å². The third-order valence-corrected chi connectivity index (χ3v) is 3.82. The van der Waals surface area contributed by atoms with Gasteiger partial charge in [0.15, 0.2) is 0 Å². The molecule has 0 unspecified atom stereocenters. The molecule has 1 heteroatoms. The second-order valence-electron chi connectivity index (χ2n) is 5.18. The molecule has 2 aromatic rings. The largest absolute Gasteiger partial charge is 0.314 e. The summed E-state index contributed by atoms with van der Waals surface area (Å²) < 4.78 is 0. The van der Waals surface area contributed by atoms with Gasteiger partial charge in [-0.05, 0) is 35.4 Å². The average molecular weight is 285 g/mol. The molecule has 0 saturated heterocycles. The Hall–Kier alpha value is -2.80. The van der Waals surface area contributed by atoms with E-state index in [2.05, 4.69) is 78.7 Å². The minimum Gasteiger partial charge on any atom is -0.314 e. The number of hydrogen-bond donors (Lipinski definition) is 0.